The van der Waals surface area contributed by atoms with Gasteiger partial charge in [0.25, 0.3) is 17.7 Å². The summed E-state index contributed by atoms with van der Waals surface area (Å²) in [6.07, 6.45) is 1.91. The molecule has 1 heterocycles. The Hall–Kier alpha value is -6.38. The second kappa shape index (κ2) is 19.3. The van der Waals surface area contributed by atoms with E-state index in [1.165, 1.54) is 39.2 Å². The predicted octanol–water partition coefficient (Wildman–Crippen LogP) is 8.03. The molecular formula is C42H40N4O8S2. The standard InChI is InChI=1S/C42H40N4O8S2/c1-6-33(39(49)46-41-34(42(51)54-5)25(2)36(56-41)40(50)43-28-18-11-8-12-19-28)55-30-21-14-20-29(24-30)44-38(48)31(45-37(47)26-15-9-7-10-16-26)23-27-17-13-22-32(52-3)35(27)53-4/h7-24,33H,6H2,1-5H3,(H,43,50)(H,44,48)(H,45,47)(H,46,49)/b31-23+. The van der Waals surface area contributed by atoms with Gasteiger partial charge in [-0.15, -0.1) is 23.1 Å². The van der Waals surface area contributed by atoms with E-state index in [4.69, 9.17) is 14.2 Å². The number of nitrogens with one attached hydrogen (secondary N) is 4. The molecule has 0 bridgehead atoms. The highest BCUT2D eigenvalue weighted by Gasteiger charge is 2.28. The summed E-state index contributed by atoms with van der Waals surface area (Å²) in [6.45, 7) is 3.48. The lowest BCUT2D eigenvalue weighted by atomic mass is 10.1. The van der Waals surface area contributed by atoms with Crippen LogP contribution in [0.15, 0.2) is 114 Å². The van der Waals surface area contributed by atoms with Crippen LogP contribution in [0.4, 0.5) is 16.4 Å². The Kier molecular flexibility index (Phi) is 14.0. The maximum absolute atomic E-state index is 13.8. The number of anilines is 3. The first-order valence-electron chi connectivity index (χ1n) is 17.3. The Morgan fingerprint density at radius 1 is 0.768 bits per heavy atom. The van der Waals surface area contributed by atoms with Gasteiger partial charge in [-0.3, -0.25) is 19.2 Å². The van der Waals surface area contributed by atoms with Gasteiger partial charge in [-0.1, -0.05) is 61.5 Å². The second-order valence-electron chi connectivity index (χ2n) is 12.0. The molecule has 0 fully saturated rings. The molecule has 0 saturated heterocycles. The predicted molar refractivity (Wildman–Crippen MR) is 220 cm³/mol. The number of hydrogen-bond acceptors (Lipinski definition) is 10. The molecule has 5 aromatic rings. The first kappa shape index (κ1) is 40.8. The minimum Gasteiger partial charge on any atom is -0.493 e. The summed E-state index contributed by atoms with van der Waals surface area (Å²) < 4.78 is 16.0. The lowest BCUT2D eigenvalue weighted by Gasteiger charge is -2.16. The highest BCUT2D eigenvalue weighted by molar-refractivity contribution is 8.00. The summed E-state index contributed by atoms with van der Waals surface area (Å²) in [4.78, 5) is 67.7. The Morgan fingerprint density at radius 2 is 1.45 bits per heavy atom. The molecule has 1 aromatic heterocycles. The van der Waals surface area contributed by atoms with Gasteiger partial charge in [-0.25, -0.2) is 4.79 Å². The molecule has 0 aliphatic rings. The van der Waals surface area contributed by atoms with E-state index in [0.717, 1.165) is 11.3 Å². The van der Waals surface area contributed by atoms with Crippen molar-refractivity contribution in [2.75, 3.05) is 37.3 Å². The van der Waals surface area contributed by atoms with Gasteiger partial charge in [-0.05, 0) is 73.5 Å². The minimum atomic E-state index is -0.685. The monoisotopic (exact) mass is 792 g/mol. The Balaban J connectivity index is 1.35. The number of methoxy groups -OCH3 is 3. The van der Waals surface area contributed by atoms with Gasteiger partial charge in [0, 0.05) is 27.4 Å². The summed E-state index contributed by atoms with van der Waals surface area (Å²) in [6, 6.07) is 29.5. The van der Waals surface area contributed by atoms with Crippen LogP contribution >= 0.6 is 23.1 Å². The maximum Gasteiger partial charge on any atom is 0.341 e. The summed E-state index contributed by atoms with van der Waals surface area (Å²) in [5.41, 5.74) is 2.26. The zero-order valence-electron chi connectivity index (χ0n) is 31.3. The van der Waals surface area contributed by atoms with E-state index < -0.39 is 34.8 Å². The van der Waals surface area contributed by atoms with Gasteiger partial charge in [0.15, 0.2) is 11.5 Å². The maximum atomic E-state index is 13.8. The van der Waals surface area contributed by atoms with Crippen molar-refractivity contribution in [3.05, 3.63) is 136 Å². The molecule has 1 atom stereocenters. The minimum absolute atomic E-state index is 0.0567. The molecule has 0 spiro atoms. The first-order valence-corrected chi connectivity index (χ1v) is 19.0. The third kappa shape index (κ3) is 10.0. The third-order valence-corrected chi connectivity index (χ3v) is 10.9. The number of benzene rings is 4. The van der Waals surface area contributed by atoms with Gasteiger partial charge >= 0.3 is 5.97 Å². The molecule has 0 radical (unpaired) electrons. The molecule has 0 aliphatic carbocycles. The number of carbonyl (C=O) groups is 5. The van der Waals surface area contributed by atoms with E-state index in [-0.39, 0.29) is 21.1 Å². The lowest BCUT2D eigenvalue weighted by molar-refractivity contribution is -0.116. The molecule has 14 heteroatoms. The van der Waals surface area contributed by atoms with Crippen LogP contribution in [-0.2, 0) is 14.3 Å². The summed E-state index contributed by atoms with van der Waals surface area (Å²) in [7, 11) is 4.21. The van der Waals surface area contributed by atoms with Crippen molar-refractivity contribution in [3.8, 4) is 11.5 Å². The van der Waals surface area contributed by atoms with Crippen LogP contribution < -0.4 is 30.7 Å². The number of thiophene rings is 1. The number of carbonyl (C=O) groups excluding carboxylic acids is 5. The SMILES string of the molecule is CCC(Sc1cccc(NC(=O)/C(=C\c2cccc(OC)c2OC)NC(=O)c2ccccc2)c1)C(=O)Nc1sc(C(=O)Nc2ccccc2)c(C)c1C(=O)OC. The van der Waals surface area contributed by atoms with Crippen LogP contribution in [0.1, 0.15) is 54.9 Å². The Morgan fingerprint density at radius 3 is 2.11 bits per heavy atom. The molecule has 288 valence electrons. The fourth-order valence-electron chi connectivity index (χ4n) is 5.52. The van der Waals surface area contributed by atoms with Crippen molar-refractivity contribution >= 4 is 75.1 Å². The topological polar surface area (TPSA) is 161 Å². The molecule has 1 unspecified atom stereocenters. The van der Waals surface area contributed by atoms with Crippen molar-refractivity contribution in [2.45, 2.75) is 30.4 Å². The highest BCUT2D eigenvalue weighted by Crippen LogP contribution is 2.36. The molecule has 4 N–H and O–H groups in total. The fourth-order valence-corrected chi connectivity index (χ4v) is 7.63. The van der Waals surface area contributed by atoms with E-state index in [1.54, 1.807) is 104 Å². The average Bonchev–Trinajstić information content (AvgIpc) is 3.54. The molecule has 0 aliphatic heterocycles. The zero-order chi connectivity index (χ0) is 40.2. The summed E-state index contributed by atoms with van der Waals surface area (Å²) in [5, 5.41) is 10.8. The van der Waals surface area contributed by atoms with Crippen molar-refractivity contribution in [1.29, 1.82) is 0 Å². The second-order valence-corrected chi connectivity index (χ2v) is 14.3. The molecule has 56 heavy (non-hydrogen) atoms. The van der Waals surface area contributed by atoms with E-state index in [2.05, 4.69) is 21.3 Å². The number of para-hydroxylation sites is 2. The van der Waals surface area contributed by atoms with Gasteiger partial charge in [0.05, 0.1) is 37.0 Å². The molecule has 12 nitrogen and oxygen atoms in total. The molecule has 5 rings (SSSR count). The van der Waals surface area contributed by atoms with Gasteiger partial charge < -0.3 is 35.5 Å². The molecular weight excluding hydrogens is 753 g/mol. The molecule has 0 saturated carbocycles. The Labute approximate surface area is 332 Å². The van der Waals surface area contributed by atoms with E-state index >= 15 is 0 Å². The van der Waals surface area contributed by atoms with Gasteiger partial charge in [0.1, 0.15) is 10.7 Å². The van der Waals surface area contributed by atoms with Gasteiger partial charge in [-0.2, -0.15) is 0 Å². The van der Waals surface area contributed by atoms with Crippen LogP contribution in [0.3, 0.4) is 0 Å². The Bertz CT molecular complexity index is 2260. The summed E-state index contributed by atoms with van der Waals surface area (Å²) >= 11 is 2.24. The van der Waals surface area contributed by atoms with Crippen LogP contribution in [0.5, 0.6) is 11.5 Å². The van der Waals surface area contributed by atoms with Crippen molar-refractivity contribution < 1.29 is 38.2 Å². The van der Waals surface area contributed by atoms with E-state index in [0.29, 0.717) is 50.9 Å². The zero-order valence-corrected chi connectivity index (χ0v) is 32.9. The third-order valence-electron chi connectivity index (χ3n) is 8.31. The number of thioether (sulfide) groups is 1. The fraction of sp³-hybridized carbons (Fsp3) is 0.167. The smallest absolute Gasteiger partial charge is 0.341 e. The molecule has 4 aromatic carbocycles. The van der Waals surface area contributed by atoms with Crippen LogP contribution in [-0.4, -0.2) is 56.2 Å². The normalized spacial score (nSPS) is 11.5. The number of esters is 1. The van der Waals surface area contributed by atoms with Crippen molar-refractivity contribution in [1.82, 2.24) is 5.32 Å². The van der Waals surface area contributed by atoms with Gasteiger partial charge in [0.2, 0.25) is 5.91 Å². The highest BCUT2D eigenvalue weighted by atomic mass is 32.2. The quantitative estimate of drug-likeness (QED) is 0.0467. The van der Waals surface area contributed by atoms with Crippen LogP contribution in [0.25, 0.3) is 6.08 Å². The van der Waals surface area contributed by atoms with Crippen molar-refractivity contribution in [2.24, 2.45) is 0 Å². The number of ether oxygens (including phenoxy) is 3. The molecule has 4 amide bonds. The first-order chi connectivity index (χ1) is 27.1. The lowest BCUT2D eigenvalue weighted by Crippen LogP contribution is -2.30. The summed E-state index contributed by atoms with van der Waals surface area (Å²) in [5.74, 6) is -1.79. The van der Waals surface area contributed by atoms with Crippen LogP contribution in [0.2, 0.25) is 0 Å². The van der Waals surface area contributed by atoms with Crippen molar-refractivity contribution in [3.63, 3.8) is 0 Å². The number of amides is 4. The van der Waals surface area contributed by atoms with Crippen LogP contribution in [0, 0.1) is 6.92 Å². The number of hydrogen-bond donors (Lipinski definition) is 4. The van der Waals surface area contributed by atoms with E-state index in [9.17, 15) is 24.0 Å². The largest absolute Gasteiger partial charge is 0.493 e. The average molecular weight is 793 g/mol. The number of rotatable bonds is 15. The van der Waals surface area contributed by atoms with E-state index in [1.807, 2.05) is 13.0 Å².